The van der Waals surface area contributed by atoms with Crippen LogP contribution in [0.5, 0.6) is 0 Å². The van der Waals surface area contributed by atoms with E-state index in [0.717, 1.165) is 31.1 Å². The average molecular weight is 195 g/mol. The molecule has 0 spiro atoms. The van der Waals surface area contributed by atoms with Gasteiger partial charge in [-0.25, -0.2) is 0 Å². The Bertz CT molecular complexity index is 247. The zero-order valence-electron chi connectivity index (χ0n) is 9.00. The number of hydrogen-bond donors (Lipinski definition) is 2. The van der Waals surface area contributed by atoms with Gasteiger partial charge in [-0.1, -0.05) is 0 Å². The van der Waals surface area contributed by atoms with Crippen molar-refractivity contribution in [3.05, 3.63) is 0 Å². The molecule has 80 valence electrons. The molecule has 4 fully saturated rings. The van der Waals surface area contributed by atoms with Crippen LogP contribution in [0, 0.1) is 17.3 Å². The van der Waals surface area contributed by atoms with E-state index in [0.29, 0.717) is 5.41 Å². The quantitative estimate of drug-likeness (QED) is 0.668. The van der Waals surface area contributed by atoms with E-state index in [1.807, 2.05) is 0 Å². The van der Waals surface area contributed by atoms with Crippen LogP contribution in [-0.2, 0) is 0 Å². The first kappa shape index (κ1) is 9.17. The molecule has 2 heteroatoms. The van der Waals surface area contributed by atoms with Gasteiger partial charge in [0.2, 0.25) is 0 Å². The molecule has 4 aliphatic rings. The Hall–Kier alpha value is -0.0800. The molecule has 4 bridgehead atoms. The lowest BCUT2D eigenvalue weighted by molar-refractivity contribution is -0.168. The average Bonchev–Trinajstić information content (AvgIpc) is 1.98. The molecular formula is C12H21NO. The molecule has 3 N–H and O–H groups in total. The van der Waals surface area contributed by atoms with Crippen LogP contribution in [0.25, 0.3) is 0 Å². The van der Waals surface area contributed by atoms with E-state index in [2.05, 4.69) is 6.92 Å². The van der Waals surface area contributed by atoms with Crippen molar-refractivity contribution in [2.75, 3.05) is 0 Å². The van der Waals surface area contributed by atoms with Crippen molar-refractivity contribution < 1.29 is 5.11 Å². The predicted molar refractivity (Wildman–Crippen MR) is 55.7 cm³/mol. The van der Waals surface area contributed by atoms with Gasteiger partial charge in [0.05, 0.1) is 5.60 Å². The summed E-state index contributed by atoms with van der Waals surface area (Å²) in [5, 5.41) is 10.5. The van der Waals surface area contributed by atoms with Crippen molar-refractivity contribution in [3.8, 4) is 0 Å². The Balaban J connectivity index is 1.96. The molecule has 0 aromatic carbocycles. The molecule has 0 aliphatic heterocycles. The molecule has 2 unspecified atom stereocenters. The molecule has 14 heavy (non-hydrogen) atoms. The fraction of sp³-hybridized carbons (Fsp3) is 1.00. The zero-order valence-corrected chi connectivity index (χ0v) is 9.00. The second kappa shape index (κ2) is 2.53. The van der Waals surface area contributed by atoms with Crippen molar-refractivity contribution in [3.63, 3.8) is 0 Å². The number of aliphatic hydroxyl groups is 1. The van der Waals surface area contributed by atoms with E-state index in [1.54, 1.807) is 0 Å². The number of hydrogen-bond acceptors (Lipinski definition) is 2. The number of rotatable bonds is 1. The summed E-state index contributed by atoms with van der Waals surface area (Å²) in [6, 6.07) is 0.264. The molecule has 0 saturated heterocycles. The standard InChI is InChI=1S/C12H21NO/c1-8(13)11-3-9-2-10(4-11)6-12(14,5-9)7-11/h8-10,14H,2-7,13H2,1H3/t8-,9-,10+,11?,12?/m0/s1. The largest absolute Gasteiger partial charge is 0.390 e. The minimum Gasteiger partial charge on any atom is -0.390 e. The maximum atomic E-state index is 10.5. The van der Waals surface area contributed by atoms with Crippen molar-refractivity contribution in [1.29, 1.82) is 0 Å². The smallest absolute Gasteiger partial charge is 0.0659 e. The van der Waals surface area contributed by atoms with Crippen LogP contribution >= 0.6 is 0 Å². The topological polar surface area (TPSA) is 46.2 Å². The van der Waals surface area contributed by atoms with Crippen molar-refractivity contribution in [1.82, 2.24) is 0 Å². The summed E-state index contributed by atoms with van der Waals surface area (Å²) < 4.78 is 0. The molecule has 4 saturated carbocycles. The van der Waals surface area contributed by atoms with Gasteiger partial charge in [0.25, 0.3) is 0 Å². The summed E-state index contributed by atoms with van der Waals surface area (Å²) in [4.78, 5) is 0. The first-order valence-electron chi connectivity index (χ1n) is 5.99. The van der Waals surface area contributed by atoms with E-state index in [4.69, 9.17) is 5.73 Å². The Morgan fingerprint density at radius 1 is 1.21 bits per heavy atom. The van der Waals surface area contributed by atoms with Crippen LogP contribution < -0.4 is 5.73 Å². The van der Waals surface area contributed by atoms with Gasteiger partial charge in [-0.05, 0) is 62.7 Å². The van der Waals surface area contributed by atoms with Crippen molar-refractivity contribution in [2.45, 2.75) is 57.1 Å². The van der Waals surface area contributed by atoms with Gasteiger partial charge in [0.1, 0.15) is 0 Å². The Morgan fingerprint density at radius 3 is 2.21 bits per heavy atom. The van der Waals surface area contributed by atoms with Gasteiger partial charge < -0.3 is 10.8 Å². The van der Waals surface area contributed by atoms with Crippen molar-refractivity contribution >= 4 is 0 Å². The minimum absolute atomic E-state index is 0.264. The highest BCUT2D eigenvalue weighted by molar-refractivity contribution is 5.10. The highest BCUT2D eigenvalue weighted by Crippen LogP contribution is 2.62. The van der Waals surface area contributed by atoms with Crippen LogP contribution in [0.3, 0.4) is 0 Å². The Morgan fingerprint density at radius 2 is 1.79 bits per heavy atom. The molecule has 0 amide bonds. The maximum absolute atomic E-state index is 10.5. The molecule has 0 radical (unpaired) electrons. The Kier molecular flexibility index (Phi) is 1.66. The number of nitrogens with two attached hydrogens (primary N) is 1. The molecule has 0 heterocycles. The third-order valence-corrected chi connectivity index (χ3v) is 5.04. The van der Waals surface area contributed by atoms with Gasteiger partial charge in [-0.3, -0.25) is 0 Å². The molecular weight excluding hydrogens is 174 g/mol. The zero-order chi connectivity index (χ0) is 9.97. The van der Waals surface area contributed by atoms with Crippen LogP contribution in [0.2, 0.25) is 0 Å². The van der Waals surface area contributed by atoms with Crippen LogP contribution in [-0.4, -0.2) is 16.7 Å². The summed E-state index contributed by atoms with van der Waals surface area (Å²) in [6.45, 7) is 2.14. The summed E-state index contributed by atoms with van der Waals surface area (Å²) in [6.07, 6.45) is 7.00. The van der Waals surface area contributed by atoms with Crippen molar-refractivity contribution in [2.24, 2.45) is 23.0 Å². The summed E-state index contributed by atoms with van der Waals surface area (Å²) in [5.74, 6) is 1.54. The van der Waals surface area contributed by atoms with Crippen LogP contribution in [0.1, 0.15) is 45.4 Å². The second-order valence-electron chi connectivity index (χ2n) is 6.34. The monoisotopic (exact) mass is 195 g/mol. The highest BCUT2D eigenvalue weighted by atomic mass is 16.3. The molecule has 4 rings (SSSR count). The van der Waals surface area contributed by atoms with Gasteiger partial charge in [0.15, 0.2) is 0 Å². The lowest BCUT2D eigenvalue weighted by atomic mass is 9.46. The van der Waals surface area contributed by atoms with Gasteiger partial charge in [-0.2, -0.15) is 0 Å². The van der Waals surface area contributed by atoms with E-state index < -0.39 is 0 Å². The lowest BCUT2D eigenvalue weighted by Gasteiger charge is -2.61. The fourth-order valence-electron chi connectivity index (χ4n) is 4.82. The first-order chi connectivity index (χ1) is 6.51. The predicted octanol–water partition coefficient (Wildman–Crippen LogP) is 1.66. The minimum atomic E-state index is -0.336. The van der Waals surface area contributed by atoms with Gasteiger partial charge in [-0.15, -0.1) is 0 Å². The van der Waals surface area contributed by atoms with Crippen LogP contribution in [0.15, 0.2) is 0 Å². The third kappa shape index (κ3) is 1.10. The summed E-state index contributed by atoms with van der Waals surface area (Å²) in [5.41, 5.74) is 6.09. The van der Waals surface area contributed by atoms with Crippen LogP contribution in [0.4, 0.5) is 0 Å². The van der Waals surface area contributed by atoms with E-state index in [9.17, 15) is 5.11 Å². The second-order valence-corrected chi connectivity index (χ2v) is 6.34. The first-order valence-corrected chi connectivity index (χ1v) is 5.99. The van der Waals surface area contributed by atoms with E-state index >= 15 is 0 Å². The van der Waals surface area contributed by atoms with Gasteiger partial charge >= 0.3 is 0 Å². The summed E-state index contributed by atoms with van der Waals surface area (Å²) >= 11 is 0. The van der Waals surface area contributed by atoms with Gasteiger partial charge in [0, 0.05) is 6.04 Å². The summed E-state index contributed by atoms with van der Waals surface area (Å²) in [7, 11) is 0. The fourth-order valence-corrected chi connectivity index (χ4v) is 4.82. The molecule has 0 aromatic heterocycles. The van der Waals surface area contributed by atoms with E-state index in [1.165, 1.54) is 19.3 Å². The highest BCUT2D eigenvalue weighted by Gasteiger charge is 2.58. The third-order valence-electron chi connectivity index (χ3n) is 5.04. The maximum Gasteiger partial charge on any atom is 0.0659 e. The normalized spacial score (nSPS) is 57.6. The lowest BCUT2D eigenvalue weighted by Crippen LogP contribution is -2.60. The molecule has 2 nitrogen and oxygen atoms in total. The molecule has 4 aliphatic carbocycles. The Labute approximate surface area is 85.9 Å². The molecule has 5 atom stereocenters. The van der Waals surface area contributed by atoms with E-state index in [-0.39, 0.29) is 11.6 Å². The molecule has 0 aromatic rings. The SMILES string of the molecule is C[C@H](N)C12C[C@@H]3C[C@@H](CC(O)(C3)C1)C2.